The third-order valence-corrected chi connectivity index (χ3v) is 18.6. The van der Waals surface area contributed by atoms with Crippen molar-refractivity contribution in [3.05, 3.63) is 179 Å². The van der Waals surface area contributed by atoms with Crippen LogP contribution in [0.3, 0.4) is 0 Å². The van der Waals surface area contributed by atoms with E-state index in [4.69, 9.17) is 63.2 Å². The van der Waals surface area contributed by atoms with Crippen LogP contribution >= 0.6 is 34.8 Å². The first-order valence-corrected chi connectivity index (χ1v) is 35.0. The molecule has 0 aromatic heterocycles. The topological polar surface area (TPSA) is 258 Å². The van der Waals surface area contributed by atoms with Crippen LogP contribution in [0.5, 0.6) is 0 Å². The molecule has 3 aliphatic rings. The van der Waals surface area contributed by atoms with E-state index in [-0.39, 0.29) is 75.1 Å². The van der Waals surface area contributed by atoms with Gasteiger partial charge >= 0.3 is 18.3 Å². The minimum atomic E-state index is -5.10. The number of nitrogens with zero attached hydrogens (tertiary/aromatic N) is 3. The smallest absolute Gasteiger partial charge is 0.418 e. The number of hydrogen-bond acceptors (Lipinski definition) is 14. The molecule has 96 heavy (non-hydrogen) atoms. The number of halogens is 3. The molecule has 6 atom stereocenters. The second-order valence-electron chi connectivity index (χ2n) is 24.7. The molecule has 6 amide bonds. The lowest BCUT2D eigenvalue weighted by atomic mass is 9.82. The second-order valence-corrected chi connectivity index (χ2v) is 27.5. The molecule has 9 rings (SSSR count). The first-order chi connectivity index (χ1) is 46.3. The highest BCUT2D eigenvalue weighted by Crippen LogP contribution is 2.36. The van der Waals surface area contributed by atoms with E-state index in [1.165, 1.54) is 14.7 Å². The number of carbonyl (C=O) groups is 6. The lowest BCUT2D eigenvalue weighted by Gasteiger charge is -2.35. The number of benzene rings is 6. The highest BCUT2D eigenvalue weighted by atomic mass is 35.5. The van der Waals surface area contributed by atoms with Crippen LogP contribution in [0.2, 0.25) is 15.1 Å². The number of ether oxygens (including phenoxy) is 6. The van der Waals surface area contributed by atoms with Crippen molar-refractivity contribution in [1.82, 2.24) is 16.0 Å². The Morgan fingerprint density at radius 1 is 0.385 bits per heavy atom. The van der Waals surface area contributed by atoms with Gasteiger partial charge in [-0.3, -0.25) is 18.9 Å². The van der Waals surface area contributed by atoms with E-state index in [1.54, 1.807) is 109 Å². The fraction of sp³-hybridized carbons (Fsp3) is 0.408. The van der Waals surface area contributed by atoms with Crippen LogP contribution in [0.1, 0.15) is 77.0 Å². The van der Waals surface area contributed by atoms with Crippen molar-refractivity contribution >= 4 is 115 Å². The largest absolute Gasteiger partial charge is 0.449 e. The van der Waals surface area contributed by atoms with Gasteiger partial charge in [-0.05, 0) is 202 Å². The van der Waals surface area contributed by atoms with Gasteiger partial charge in [-0.2, -0.15) is 8.42 Å². The molecule has 0 radical (unpaired) electrons. The number of para-hydroxylation sites is 3. The summed E-state index contributed by atoms with van der Waals surface area (Å²) in [4.78, 5) is 87.4. The van der Waals surface area contributed by atoms with Gasteiger partial charge in [0.15, 0.2) is 0 Å². The van der Waals surface area contributed by atoms with Crippen LogP contribution in [0, 0.1) is 35.5 Å². The fourth-order valence-corrected chi connectivity index (χ4v) is 13.9. The molecule has 3 aliphatic carbocycles. The summed E-state index contributed by atoms with van der Waals surface area (Å²) in [5.74, 6) is -7.19. The molecule has 0 saturated heterocycles. The zero-order valence-electron chi connectivity index (χ0n) is 53.2. The summed E-state index contributed by atoms with van der Waals surface area (Å²) in [5, 5.41) is 8.80. The van der Waals surface area contributed by atoms with E-state index in [1.807, 2.05) is 54.6 Å². The highest BCUT2D eigenvalue weighted by Gasteiger charge is 2.41. The number of nitrogens with one attached hydrogen (secondary N) is 3. The van der Waals surface area contributed by atoms with Crippen molar-refractivity contribution in [2.75, 3.05) is 79.9 Å². The molecule has 6 aromatic rings. The molecule has 25 heteroatoms. The van der Waals surface area contributed by atoms with Crippen molar-refractivity contribution in [2.45, 2.75) is 82.8 Å². The Bertz CT molecular complexity index is 3260. The zero-order chi connectivity index (χ0) is 67.9. The lowest BCUT2D eigenvalue weighted by molar-refractivity contribution is -0.136. The Balaban J connectivity index is 0.799. The Morgan fingerprint density at radius 2 is 0.625 bits per heavy atom. The van der Waals surface area contributed by atoms with Gasteiger partial charge in [0, 0.05) is 15.1 Å². The number of amides is 6. The van der Waals surface area contributed by atoms with E-state index < -0.39 is 77.5 Å². The van der Waals surface area contributed by atoms with Gasteiger partial charge in [-0.25, -0.2) is 29.1 Å². The van der Waals surface area contributed by atoms with Gasteiger partial charge in [-0.1, -0.05) is 109 Å². The van der Waals surface area contributed by atoms with E-state index >= 15 is 0 Å². The van der Waals surface area contributed by atoms with Gasteiger partial charge in [0.2, 0.25) is 23.5 Å². The third kappa shape index (κ3) is 22.7. The third-order valence-electron chi connectivity index (χ3n) is 17.1. The minimum Gasteiger partial charge on any atom is -0.449 e. The van der Waals surface area contributed by atoms with Crippen molar-refractivity contribution in [3.63, 3.8) is 0 Å². The van der Waals surface area contributed by atoms with Crippen LogP contribution in [0.15, 0.2) is 164 Å². The van der Waals surface area contributed by atoms with Crippen LogP contribution in [-0.4, -0.2) is 120 Å². The highest BCUT2D eigenvalue weighted by molar-refractivity contribution is 7.85. The normalized spacial score (nSPS) is 19.3. The molecule has 0 spiro atoms. The Morgan fingerprint density at radius 3 is 0.875 bits per heavy atom. The van der Waals surface area contributed by atoms with Gasteiger partial charge in [0.25, 0.3) is 10.1 Å². The maximum atomic E-state index is 14.0. The maximum Gasteiger partial charge on any atom is 0.418 e. The Hall–Kier alpha value is -7.80. The molecule has 21 nitrogen and oxygen atoms in total. The summed E-state index contributed by atoms with van der Waals surface area (Å²) in [6.45, 7) is -1.32. The van der Waals surface area contributed by atoms with E-state index in [0.717, 1.165) is 57.8 Å². The molecule has 0 heterocycles. The van der Waals surface area contributed by atoms with Gasteiger partial charge in [0.05, 0.1) is 73.8 Å². The molecule has 6 aromatic carbocycles. The summed E-state index contributed by atoms with van der Waals surface area (Å²) in [7, 11) is -5.10. The minimum absolute atomic E-state index is 0.0328. The number of anilines is 6. The van der Waals surface area contributed by atoms with Crippen LogP contribution in [0.25, 0.3) is 0 Å². The molecule has 3 fully saturated rings. The lowest BCUT2D eigenvalue weighted by Crippen LogP contribution is -2.74. The molecule has 6 unspecified atom stereocenters. The van der Waals surface area contributed by atoms with Crippen molar-refractivity contribution in [2.24, 2.45) is 35.5 Å². The first-order valence-electron chi connectivity index (χ1n) is 32.3. The molecule has 3 saturated carbocycles. The average molecular weight is 1400 g/mol. The van der Waals surface area contributed by atoms with Crippen LogP contribution in [0.4, 0.5) is 48.5 Å². The molecular weight excluding hydrogens is 1320 g/mol. The van der Waals surface area contributed by atoms with E-state index in [0.29, 0.717) is 68.5 Å². The molecule has 4 N–H and O–H groups in total. The molecule has 0 aliphatic heterocycles. The predicted octanol–water partition coefficient (Wildman–Crippen LogP) is 14.2. The number of rotatable bonds is 29. The average Bonchev–Trinajstić information content (AvgIpc) is 0.946. The Kier molecular flexibility index (Phi) is 27.2. The van der Waals surface area contributed by atoms with Crippen LogP contribution in [-0.2, 0) is 52.9 Å². The van der Waals surface area contributed by atoms with E-state index in [9.17, 15) is 41.7 Å². The second kappa shape index (κ2) is 36.0. The van der Waals surface area contributed by atoms with Crippen molar-refractivity contribution in [3.8, 4) is 0 Å². The SMILES string of the molecule is O=C(COCC1CCCC(COC(=O)N(c2ccccc2)c2ccc(Cl)cc2)C1)NC(CS(=O)(=O)O)(NC(=O)COCC1CCCC(COC(=O)N(c2ccccc2)c2ccc(Cl)cc2)C1)NC(=O)COCC1CCCC(COC(=O)N(c2ccccc2)c2ccc(Cl)cc2)C1. The quantitative estimate of drug-likeness (QED) is 0.0193. The van der Waals surface area contributed by atoms with Crippen molar-refractivity contribution < 1.29 is 70.2 Å². The summed E-state index contributed by atoms with van der Waals surface area (Å²) < 4.78 is 71.7. The summed E-state index contributed by atoms with van der Waals surface area (Å²) in [5.41, 5.74) is 3.54. The summed E-state index contributed by atoms with van der Waals surface area (Å²) >= 11 is 18.5. The molecule has 0 bridgehead atoms. The predicted molar refractivity (Wildman–Crippen MR) is 367 cm³/mol. The summed E-state index contributed by atoms with van der Waals surface area (Å²) in [6.07, 6.45) is 7.01. The molecular formula is C71H81Cl3N6O15S. The Labute approximate surface area is 575 Å². The first kappa shape index (κ1) is 72.5. The van der Waals surface area contributed by atoms with Crippen molar-refractivity contribution in [1.29, 1.82) is 0 Å². The number of hydrogen-bond donors (Lipinski definition) is 4. The van der Waals surface area contributed by atoms with Gasteiger partial charge < -0.3 is 44.4 Å². The number of carbonyl (C=O) groups excluding carboxylic acids is 6. The van der Waals surface area contributed by atoms with E-state index in [2.05, 4.69) is 16.0 Å². The van der Waals surface area contributed by atoms with Gasteiger partial charge in [0.1, 0.15) is 25.6 Å². The standard InChI is InChI=1S/C71H81Cl3N6O15S/c72-56-25-31-62(32-26-56)78(59-19-4-1-5-20-59)68(84)93-43-53-16-10-13-50(37-53)40-90-46-65(81)75-71(49-96(87,88)89,76-66(82)47-91-41-51-14-11-17-54(38-51)44-94-69(85)79(60-21-6-2-7-22-60)63-33-27-57(73)28-34-63)77-67(83)48-92-42-52-15-12-18-55(39-52)45-95-70(86)80(61-23-8-3-9-24-61)64-35-29-58(74)30-36-64/h1-9,19-36,50-55H,10-18,37-49H2,(H,75,81)(H,76,82)(H,77,83)(H,87,88,89). The van der Waals surface area contributed by atoms with Gasteiger partial charge in [-0.15, -0.1) is 0 Å². The van der Waals surface area contributed by atoms with Crippen LogP contribution < -0.4 is 30.7 Å². The summed E-state index contributed by atoms with van der Waals surface area (Å²) in [6, 6.07) is 47.7. The maximum absolute atomic E-state index is 14.0. The fourth-order valence-electron chi connectivity index (χ4n) is 12.7. The molecule has 512 valence electrons. The zero-order valence-corrected chi connectivity index (χ0v) is 56.2. The monoisotopic (exact) mass is 1390 g/mol.